The number of amides is 1. The number of piperazine rings is 1. The standard InChI is InChI=1S/C34H34N6O/c1-24-5-8-27(19-32(24)26-9-6-25(20-35)7-10-26)34(41)38-30-11-12-33(37-22-30)40-17-15-39(16-18-40)23-29-4-2-3-28-21-36-14-13-31(28)29/h2-14,21-22,29,31-32H,15-19,23H2,1H3,(H,38,41). The number of carbonyl (C=O) groups is 1. The minimum Gasteiger partial charge on any atom is -0.354 e. The van der Waals surface area contributed by atoms with E-state index in [2.05, 4.69) is 62.4 Å². The summed E-state index contributed by atoms with van der Waals surface area (Å²) in [5.41, 5.74) is 5.67. The van der Waals surface area contributed by atoms with Crippen molar-refractivity contribution in [3.05, 3.63) is 113 Å². The van der Waals surface area contributed by atoms with E-state index in [-0.39, 0.29) is 11.8 Å². The van der Waals surface area contributed by atoms with Crippen LogP contribution < -0.4 is 10.2 Å². The molecule has 0 saturated carbocycles. The summed E-state index contributed by atoms with van der Waals surface area (Å²) in [4.78, 5) is 26.9. The van der Waals surface area contributed by atoms with Crippen molar-refractivity contribution in [3.63, 3.8) is 0 Å². The molecule has 1 aromatic carbocycles. The first kappa shape index (κ1) is 26.7. The summed E-state index contributed by atoms with van der Waals surface area (Å²) >= 11 is 0. The zero-order valence-electron chi connectivity index (χ0n) is 23.3. The Morgan fingerprint density at radius 1 is 1.05 bits per heavy atom. The molecule has 4 aliphatic rings. The van der Waals surface area contributed by atoms with E-state index < -0.39 is 0 Å². The molecule has 2 aliphatic heterocycles. The Hall–Kier alpha value is -4.54. The highest BCUT2D eigenvalue weighted by Gasteiger charge is 2.27. The largest absolute Gasteiger partial charge is 0.354 e. The van der Waals surface area contributed by atoms with Crippen LogP contribution in [0.5, 0.6) is 0 Å². The molecule has 7 heteroatoms. The number of rotatable bonds is 6. The predicted molar refractivity (Wildman–Crippen MR) is 164 cm³/mol. The van der Waals surface area contributed by atoms with E-state index in [9.17, 15) is 4.79 Å². The van der Waals surface area contributed by atoms with E-state index in [1.54, 1.807) is 6.20 Å². The second-order valence-corrected chi connectivity index (χ2v) is 11.1. The number of hydrogen-bond acceptors (Lipinski definition) is 6. The average molecular weight is 543 g/mol. The number of benzene rings is 1. The topological polar surface area (TPSA) is 84.6 Å². The molecule has 0 radical (unpaired) electrons. The molecule has 0 spiro atoms. The van der Waals surface area contributed by atoms with Gasteiger partial charge >= 0.3 is 0 Å². The van der Waals surface area contributed by atoms with Crippen LogP contribution in [0.3, 0.4) is 0 Å². The molecule has 1 N–H and O–H groups in total. The third kappa shape index (κ3) is 5.98. The lowest BCUT2D eigenvalue weighted by molar-refractivity contribution is -0.113. The first-order chi connectivity index (χ1) is 20.1. The molecule has 2 aliphatic carbocycles. The van der Waals surface area contributed by atoms with E-state index in [0.717, 1.165) is 49.7 Å². The number of nitriles is 1. The highest BCUT2D eigenvalue weighted by molar-refractivity contribution is 6.04. The molecule has 1 aromatic heterocycles. The summed E-state index contributed by atoms with van der Waals surface area (Å²) in [5.74, 6) is 1.85. The molecular weight excluding hydrogens is 508 g/mol. The zero-order chi connectivity index (χ0) is 28.2. The van der Waals surface area contributed by atoms with Gasteiger partial charge in [0.2, 0.25) is 0 Å². The van der Waals surface area contributed by atoms with Gasteiger partial charge in [0.05, 0.1) is 23.5 Å². The van der Waals surface area contributed by atoms with Crippen molar-refractivity contribution in [2.45, 2.75) is 19.3 Å². The first-order valence-electron chi connectivity index (χ1n) is 14.3. The maximum Gasteiger partial charge on any atom is 0.251 e. The Kier molecular flexibility index (Phi) is 7.75. The van der Waals surface area contributed by atoms with Crippen LogP contribution in [0.2, 0.25) is 0 Å². The molecule has 1 saturated heterocycles. The van der Waals surface area contributed by atoms with Gasteiger partial charge < -0.3 is 10.2 Å². The summed E-state index contributed by atoms with van der Waals surface area (Å²) in [6, 6.07) is 13.7. The second kappa shape index (κ2) is 11.9. The van der Waals surface area contributed by atoms with E-state index in [1.165, 1.54) is 11.1 Å². The normalized spacial score (nSPS) is 23.7. The number of nitrogens with one attached hydrogen (secondary N) is 1. The van der Waals surface area contributed by atoms with Gasteiger partial charge in [-0.2, -0.15) is 5.26 Å². The lowest BCUT2D eigenvalue weighted by atomic mass is 9.81. The summed E-state index contributed by atoms with van der Waals surface area (Å²) in [6.07, 6.45) is 19.1. The average Bonchev–Trinajstić information content (AvgIpc) is 3.02. The Labute approximate surface area is 241 Å². The van der Waals surface area contributed by atoms with Crippen molar-refractivity contribution in [1.29, 1.82) is 5.26 Å². The zero-order valence-corrected chi connectivity index (χ0v) is 23.3. The summed E-state index contributed by atoms with van der Waals surface area (Å²) in [5, 5.41) is 12.1. The van der Waals surface area contributed by atoms with Crippen LogP contribution in [0, 0.1) is 23.2 Å². The van der Waals surface area contributed by atoms with Gasteiger partial charge in [-0.3, -0.25) is 14.7 Å². The minimum atomic E-state index is -0.107. The molecular formula is C34H34N6O. The molecule has 6 rings (SSSR count). The number of aromatic nitrogens is 1. The number of carbonyl (C=O) groups excluding carboxylic acids is 1. The lowest BCUT2D eigenvalue weighted by Gasteiger charge is -2.38. The molecule has 3 heterocycles. The van der Waals surface area contributed by atoms with Crippen LogP contribution in [-0.4, -0.2) is 54.7 Å². The molecule has 3 atom stereocenters. The predicted octanol–water partition coefficient (Wildman–Crippen LogP) is 5.40. The fourth-order valence-corrected chi connectivity index (χ4v) is 6.07. The van der Waals surface area contributed by atoms with Gasteiger partial charge in [-0.25, -0.2) is 4.98 Å². The summed E-state index contributed by atoms with van der Waals surface area (Å²) in [7, 11) is 0. The Bertz CT molecular complexity index is 1510. The number of anilines is 2. The number of hydrogen-bond donors (Lipinski definition) is 1. The van der Waals surface area contributed by atoms with Crippen molar-refractivity contribution in [2.75, 3.05) is 42.9 Å². The molecule has 2 aromatic rings. The van der Waals surface area contributed by atoms with E-state index in [4.69, 9.17) is 5.26 Å². The first-order valence-corrected chi connectivity index (χ1v) is 14.3. The van der Waals surface area contributed by atoms with Gasteiger partial charge in [0.1, 0.15) is 5.82 Å². The van der Waals surface area contributed by atoms with Crippen LogP contribution in [-0.2, 0) is 4.79 Å². The van der Waals surface area contributed by atoms with Gasteiger partial charge in [-0.15, -0.1) is 0 Å². The highest BCUT2D eigenvalue weighted by Crippen LogP contribution is 2.35. The maximum absolute atomic E-state index is 13.1. The molecule has 1 fully saturated rings. The Morgan fingerprint density at radius 2 is 1.88 bits per heavy atom. The van der Waals surface area contributed by atoms with Gasteiger partial charge in [0.25, 0.3) is 5.91 Å². The molecule has 41 heavy (non-hydrogen) atoms. The SMILES string of the molecule is CC1=CC=C(C(=O)Nc2ccc(N3CCN(CC4C=CC=C5C=NC=CC54)CC3)nc2)CC1c1ccc(C#N)cc1. The number of pyridine rings is 1. The third-order valence-corrected chi connectivity index (χ3v) is 8.52. The number of allylic oxidation sites excluding steroid dienone is 7. The fraction of sp³-hybridized carbons (Fsp3) is 0.294. The van der Waals surface area contributed by atoms with Gasteiger partial charge in [0.15, 0.2) is 0 Å². The lowest BCUT2D eigenvalue weighted by Crippen LogP contribution is -2.48. The molecule has 3 unspecified atom stereocenters. The molecule has 206 valence electrons. The van der Waals surface area contributed by atoms with Crippen molar-refractivity contribution < 1.29 is 4.79 Å². The second-order valence-electron chi connectivity index (χ2n) is 11.1. The minimum absolute atomic E-state index is 0.107. The number of fused-ring (bicyclic) bond motifs is 1. The van der Waals surface area contributed by atoms with Gasteiger partial charge in [-0.1, -0.05) is 54.2 Å². The summed E-state index contributed by atoms with van der Waals surface area (Å²) < 4.78 is 0. The molecule has 7 nitrogen and oxygen atoms in total. The van der Waals surface area contributed by atoms with E-state index >= 15 is 0 Å². The van der Waals surface area contributed by atoms with Crippen LogP contribution in [0.4, 0.5) is 11.5 Å². The third-order valence-electron chi connectivity index (χ3n) is 8.52. The van der Waals surface area contributed by atoms with Crippen LogP contribution in [0.1, 0.15) is 30.4 Å². The van der Waals surface area contributed by atoms with Crippen LogP contribution in [0.25, 0.3) is 0 Å². The Morgan fingerprint density at radius 3 is 2.63 bits per heavy atom. The van der Waals surface area contributed by atoms with E-state index in [1.807, 2.05) is 61.0 Å². The maximum atomic E-state index is 13.1. The monoisotopic (exact) mass is 542 g/mol. The van der Waals surface area contributed by atoms with Crippen LogP contribution >= 0.6 is 0 Å². The highest BCUT2D eigenvalue weighted by atomic mass is 16.1. The fourth-order valence-electron chi connectivity index (χ4n) is 6.07. The summed E-state index contributed by atoms with van der Waals surface area (Å²) in [6.45, 7) is 6.97. The van der Waals surface area contributed by atoms with Gasteiger partial charge in [0, 0.05) is 68.5 Å². The molecule has 1 amide bonds. The van der Waals surface area contributed by atoms with Crippen LogP contribution in [0.15, 0.2) is 107 Å². The smallest absolute Gasteiger partial charge is 0.251 e. The van der Waals surface area contributed by atoms with Crippen molar-refractivity contribution in [3.8, 4) is 6.07 Å². The van der Waals surface area contributed by atoms with E-state index in [0.29, 0.717) is 29.5 Å². The van der Waals surface area contributed by atoms with Gasteiger partial charge in [-0.05, 0) is 48.7 Å². The Balaban J connectivity index is 1.01. The molecule has 0 bridgehead atoms. The van der Waals surface area contributed by atoms with Crippen molar-refractivity contribution >= 4 is 23.6 Å². The number of aliphatic imine (C=N–C) groups is 1. The quantitative estimate of drug-likeness (QED) is 0.528. The van der Waals surface area contributed by atoms with Crippen molar-refractivity contribution in [2.24, 2.45) is 16.8 Å². The van der Waals surface area contributed by atoms with Crippen molar-refractivity contribution in [1.82, 2.24) is 9.88 Å². The number of nitrogens with zero attached hydrogens (tertiary/aromatic N) is 5.